The van der Waals surface area contributed by atoms with Crippen molar-refractivity contribution in [3.05, 3.63) is 29.8 Å². The Morgan fingerprint density at radius 3 is 2.14 bits per heavy atom. The van der Waals surface area contributed by atoms with E-state index >= 15 is 0 Å². The first-order chi connectivity index (χ1) is 9.53. The monoisotopic (exact) mass is 314 g/mol. The Bertz CT molecular complexity index is 547. The van der Waals surface area contributed by atoms with Gasteiger partial charge in [0.05, 0.1) is 11.5 Å². The smallest absolute Gasteiger partial charge is 0.238 e. The van der Waals surface area contributed by atoms with Crippen molar-refractivity contribution < 1.29 is 13.5 Å². The summed E-state index contributed by atoms with van der Waals surface area (Å²) in [7, 11) is -3.66. The molecule has 0 saturated carbocycles. The van der Waals surface area contributed by atoms with E-state index in [0.29, 0.717) is 0 Å². The van der Waals surface area contributed by atoms with Gasteiger partial charge in [-0.25, -0.2) is 13.6 Å². The number of nitrogens with two attached hydrogens (primary N) is 1. The van der Waals surface area contributed by atoms with E-state index in [1.807, 2.05) is 6.92 Å². The number of primary sulfonamides is 1. The summed E-state index contributed by atoms with van der Waals surface area (Å²) in [6, 6.07) is 6.49. The van der Waals surface area contributed by atoms with Crippen LogP contribution in [0, 0.1) is 5.41 Å². The average molecular weight is 314 g/mol. The van der Waals surface area contributed by atoms with Gasteiger partial charge in [-0.2, -0.15) is 0 Å². The molecule has 1 aromatic rings. The normalized spacial score (nSPS) is 15.7. The molecule has 0 bridgehead atoms. The van der Waals surface area contributed by atoms with Crippen LogP contribution in [0.15, 0.2) is 29.2 Å². The van der Waals surface area contributed by atoms with E-state index in [9.17, 15) is 13.5 Å². The molecule has 0 aliphatic heterocycles. The molecule has 6 heteroatoms. The molecule has 0 heterocycles. The van der Waals surface area contributed by atoms with Crippen LogP contribution in [-0.4, -0.2) is 26.2 Å². The molecule has 21 heavy (non-hydrogen) atoms. The second kappa shape index (κ2) is 6.87. The molecule has 0 amide bonds. The first-order valence-corrected chi connectivity index (χ1v) is 8.57. The summed E-state index contributed by atoms with van der Waals surface area (Å²) in [6.07, 6.45) is 0.850. The summed E-state index contributed by atoms with van der Waals surface area (Å²) in [5, 5.41) is 17.9. The zero-order valence-electron chi connectivity index (χ0n) is 13.1. The van der Waals surface area contributed by atoms with Gasteiger partial charge in [0.2, 0.25) is 10.0 Å². The topological polar surface area (TPSA) is 92.4 Å². The minimum absolute atomic E-state index is 0.00193. The number of hydrogen-bond acceptors (Lipinski definition) is 4. The zero-order valence-corrected chi connectivity index (χ0v) is 13.9. The third kappa shape index (κ3) is 6.13. The molecule has 0 radical (unpaired) electrons. The van der Waals surface area contributed by atoms with E-state index in [0.717, 1.165) is 12.0 Å². The minimum Gasteiger partial charge on any atom is -0.395 e. The maximum absolute atomic E-state index is 11.2. The molecule has 1 aromatic carbocycles. The molecule has 0 aromatic heterocycles. The molecule has 0 aliphatic rings. The van der Waals surface area contributed by atoms with Crippen LogP contribution < -0.4 is 10.5 Å². The lowest BCUT2D eigenvalue weighted by Crippen LogP contribution is -2.37. The fraction of sp³-hybridized carbons (Fsp3) is 0.600. The maximum Gasteiger partial charge on any atom is 0.238 e. The second-order valence-electron chi connectivity index (χ2n) is 6.65. The summed E-state index contributed by atoms with van der Waals surface area (Å²) in [4.78, 5) is 0.104. The van der Waals surface area contributed by atoms with E-state index in [2.05, 4.69) is 26.1 Å². The number of aliphatic hydroxyl groups excluding tert-OH is 1. The summed E-state index contributed by atoms with van der Waals surface area (Å²) < 4.78 is 22.4. The SMILES string of the molecule is CC(NC(CO)CC(C)(C)C)c1ccc(S(N)(=O)=O)cc1. The van der Waals surface area contributed by atoms with E-state index in [4.69, 9.17) is 5.14 Å². The molecule has 0 saturated heterocycles. The zero-order chi connectivity index (χ0) is 16.3. The molecule has 2 unspecified atom stereocenters. The van der Waals surface area contributed by atoms with Crippen LogP contribution in [0.5, 0.6) is 0 Å². The van der Waals surface area contributed by atoms with E-state index in [-0.39, 0.29) is 29.0 Å². The van der Waals surface area contributed by atoms with Crippen LogP contribution in [-0.2, 0) is 10.0 Å². The van der Waals surface area contributed by atoms with Crippen LogP contribution in [0.1, 0.15) is 45.7 Å². The Balaban J connectivity index is 2.77. The highest BCUT2D eigenvalue weighted by Gasteiger charge is 2.20. The summed E-state index contributed by atoms with van der Waals surface area (Å²) in [6.45, 7) is 8.43. The molecule has 4 N–H and O–H groups in total. The highest BCUT2D eigenvalue weighted by Crippen LogP contribution is 2.23. The molecular formula is C15H26N2O3S. The van der Waals surface area contributed by atoms with Gasteiger partial charge in [-0.05, 0) is 36.5 Å². The average Bonchev–Trinajstić information content (AvgIpc) is 2.35. The lowest BCUT2D eigenvalue weighted by atomic mass is 9.88. The largest absolute Gasteiger partial charge is 0.395 e. The van der Waals surface area contributed by atoms with Crippen molar-refractivity contribution in [2.45, 2.75) is 51.1 Å². The van der Waals surface area contributed by atoms with Crippen molar-refractivity contribution >= 4 is 10.0 Å². The van der Waals surface area contributed by atoms with E-state index in [1.54, 1.807) is 12.1 Å². The van der Waals surface area contributed by atoms with Gasteiger partial charge in [-0.3, -0.25) is 0 Å². The summed E-state index contributed by atoms with van der Waals surface area (Å²) >= 11 is 0. The number of benzene rings is 1. The van der Waals surface area contributed by atoms with Crippen LogP contribution in [0.2, 0.25) is 0 Å². The Hall–Kier alpha value is -0.950. The quantitative estimate of drug-likeness (QED) is 0.746. The van der Waals surface area contributed by atoms with E-state index < -0.39 is 10.0 Å². The van der Waals surface area contributed by atoms with Crippen molar-refractivity contribution in [2.75, 3.05) is 6.61 Å². The minimum atomic E-state index is -3.66. The molecule has 120 valence electrons. The van der Waals surface area contributed by atoms with Gasteiger partial charge in [0.1, 0.15) is 0 Å². The number of nitrogens with one attached hydrogen (secondary N) is 1. The predicted molar refractivity (Wildman–Crippen MR) is 84.3 cm³/mol. The Labute approximate surface area is 127 Å². The Morgan fingerprint density at radius 1 is 1.24 bits per heavy atom. The highest BCUT2D eigenvalue weighted by atomic mass is 32.2. The van der Waals surface area contributed by atoms with Gasteiger partial charge >= 0.3 is 0 Å². The number of hydrogen-bond donors (Lipinski definition) is 3. The summed E-state index contributed by atoms with van der Waals surface area (Å²) in [5.74, 6) is 0. The van der Waals surface area contributed by atoms with Gasteiger partial charge in [0, 0.05) is 12.1 Å². The van der Waals surface area contributed by atoms with Crippen molar-refractivity contribution in [1.29, 1.82) is 0 Å². The van der Waals surface area contributed by atoms with Crippen molar-refractivity contribution in [2.24, 2.45) is 10.6 Å². The molecular weight excluding hydrogens is 288 g/mol. The van der Waals surface area contributed by atoms with Gasteiger partial charge < -0.3 is 10.4 Å². The van der Waals surface area contributed by atoms with Gasteiger partial charge in [0.25, 0.3) is 0 Å². The summed E-state index contributed by atoms with van der Waals surface area (Å²) in [5.41, 5.74) is 1.08. The van der Waals surface area contributed by atoms with Gasteiger partial charge in [-0.1, -0.05) is 32.9 Å². The first-order valence-electron chi connectivity index (χ1n) is 7.02. The van der Waals surface area contributed by atoms with Crippen molar-refractivity contribution in [3.63, 3.8) is 0 Å². The number of rotatable bonds is 6. The second-order valence-corrected chi connectivity index (χ2v) is 8.21. The third-order valence-electron chi connectivity index (χ3n) is 3.27. The van der Waals surface area contributed by atoms with Crippen molar-refractivity contribution in [1.82, 2.24) is 5.32 Å². The Morgan fingerprint density at radius 2 is 1.76 bits per heavy atom. The molecule has 0 fully saturated rings. The first kappa shape index (κ1) is 18.1. The lowest BCUT2D eigenvalue weighted by molar-refractivity contribution is 0.190. The fourth-order valence-corrected chi connectivity index (χ4v) is 2.83. The van der Waals surface area contributed by atoms with Crippen LogP contribution in [0.3, 0.4) is 0 Å². The van der Waals surface area contributed by atoms with Gasteiger partial charge in [0.15, 0.2) is 0 Å². The lowest BCUT2D eigenvalue weighted by Gasteiger charge is -2.28. The van der Waals surface area contributed by atoms with E-state index in [1.165, 1.54) is 12.1 Å². The molecule has 0 aliphatic carbocycles. The molecule has 0 spiro atoms. The Kier molecular flexibility index (Phi) is 5.92. The van der Waals surface area contributed by atoms with Gasteiger partial charge in [-0.15, -0.1) is 0 Å². The van der Waals surface area contributed by atoms with Crippen LogP contribution in [0.4, 0.5) is 0 Å². The standard InChI is InChI=1S/C15H26N2O3S/c1-11(17-13(10-18)9-15(2,3)4)12-5-7-14(8-6-12)21(16,19)20/h5-8,11,13,17-18H,9-10H2,1-4H3,(H2,16,19,20). The predicted octanol–water partition coefficient (Wildman–Crippen LogP) is 1.78. The number of aliphatic hydroxyl groups is 1. The molecule has 1 rings (SSSR count). The highest BCUT2D eigenvalue weighted by molar-refractivity contribution is 7.89. The number of sulfonamides is 1. The van der Waals surface area contributed by atoms with Crippen molar-refractivity contribution in [3.8, 4) is 0 Å². The maximum atomic E-state index is 11.2. The third-order valence-corrected chi connectivity index (χ3v) is 4.20. The van der Waals surface area contributed by atoms with Crippen LogP contribution >= 0.6 is 0 Å². The molecule has 5 nitrogen and oxygen atoms in total. The van der Waals surface area contributed by atoms with Crippen LogP contribution in [0.25, 0.3) is 0 Å². The molecule has 2 atom stereocenters. The fourth-order valence-electron chi connectivity index (χ4n) is 2.31.